The van der Waals surface area contributed by atoms with Gasteiger partial charge in [0, 0.05) is 26.4 Å². The Morgan fingerprint density at radius 3 is 1.94 bits per heavy atom. The molecule has 0 amide bonds. The van der Waals surface area contributed by atoms with Gasteiger partial charge in [0.2, 0.25) is 0 Å². The number of rotatable bonds is 3. The van der Waals surface area contributed by atoms with Crippen LogP contribution in [0.5, 0.6) is 0 Å². The Morgan fingerprint density at radius 2 is 1.11 bits per heavy atom. The molecular weight excluding hydrogens is 510 g/mol. The Labute approximate surface area is 215 Å². The van der Waals surface area contributed by atoms with Crippen LogP contribution in [-0.4, -0.2) is 15.0 Å². The van der Waals surface area contributed by atoms with Crippen molar-refractivity contribution < 1.29 is 4.42 Å². The molecule has 4 nitrogen and oxygen atoms in total. The first-order valence-corrected chi connectivity index (χ1v) is 12.5. The second-order valence-electron chi connectivity index (χ2n) is 8.59. The van der Waals surface area contributed by atoms with Gasteiger partial charge in [-0.2, -0.15) is 0 Å². The summed E-state index contributed by atoms with van der Waals surface area (Å²) >= 11 is 3.68. The summed E-state index contributed by atoms with van der Waals surface area (Å²) in [5, 5.41) is 4.30. The van der Waals surface area contributed by atoms with Gasteiger partial charge in [-0.15, -0.1) is 0 Å². The number of fused-ring (bicyclic) bond motifs is 4. The minimum absolute atomic E-state index is 0.579. The summed E-state index contributed by atoms with van der Waals surface area (Å²) in [6.45, 7) is 0. The number of benzene rings is 5. The first kappa shape index (κ1) is 21.0. The fourth-order valence-corrected chi connectivity index (χ4v) is 5.19. The van der Waals surface area contributed by atoms with Crippen LogP contribution in [0, 0.1) is 0 Å². The molecule has 0 fully saturated rings. The molecule has 0 saturated heterocycles. The number of nitrogens with zero attached hydrogens (tertiary/aromatic N) is 3. The molecule has 0 aliphatic carbocycles. The van der Waals surface area contributed by atoms with Gasteiger partial charge in [-0.25, -0.2) is 15.0 Å². The molecule has 0 bridgehead atoms. The van der Waals surface area contributed by atoms with E-state index < -0.39 is 0 Å². The molecule has 2 aromatic heterocycles. The van der Waals surface area contributed by atoms with Gasteiger partial charge in [0.25, 0.3) is 0 Å². The van der Waals surface area contributed by atoms with Crippen molar-refractivity contribution in [2.45, 2.75) is 0 Å². The number of aromatic nitrogens is 3. The predicted molar refractivity (Wildman–Crippen MR) is 149 cm³/mol. The summed E-state index contributed by atoms with van der Waals surface area (Å²) in [5.41, 5.74) is 4.34. The Kier molecular flexibility index (Phi) is 4.89. The molecule has 5 heteroatoms. The van der Waals surface area contributed by atoms with Crippen LogP contribution in [0.3, 0.4) is 0 Å². The highest BCUT2D eigenvalue weighted by Gasteiger charge is 2.18. The van der Waals surface area contributed by atoms with Crippen molar-refractivity contribution in [3.8, 4) is 34.2 Å². The van der Waals surface area contributed by atoms with Crippen molar-refractivity contribution in [1.29, 1.82) is 0 Å². The second kappa shape index (κ2) is 8.40. The molecule has 5 aromatic carbocycles. The van der Waals surface area contributed by atoms with Gasteiger partial charge in [-0.1, -0.05) is 101 Å². The van der Waals surface area contributed by atoms with Crippen molar-refractivity contribution in [3.05, 3.63) is 114 Å². The smallest absolute Gasteiger partial charge is 0.167 e. The predicted octanol–water partition coefficient (Wildman–Crippen LogP) is 8.69. The Hall–Kier alpha value is -4.35. The van der Waals surface area contributed by atoms with Crippen LogP contribution in [0.15, 0.2) is 118 Å². The first-order chi connectivity index (χ1) is 17.8. The maximum absolute atomic E-state index is 6.31. The Bertz CT molecular complexity index is 1910. The average Bonchev–Trinajstić information content (AvgIpc) is 3.33. The van der Waals surface area contributed by atoms with E-state index in [1.165, 1.54) is 0 Å². The van der Waals surface area contributed by atoms with E-state index in [0.717, 1.165) is 53.9 Å². The lowest BCUT2D eigenvalue weighted by Gasteiger charge is -2.11. The fourth-order valence-electron chi connectivity index (χ4n) is 4.71. The highest BCUT2D eigenvalue weighted by Crippen LogP contribution is 2.37. The van der Waals surface area contributed by atoms with Crippen molar-refractivity contribution in [3.63, 3.8) is 0 Å². The lowest BCUT2D eigenvalue weighted by molar-refractivity contribution is 0.669. The normalized spacial score (nSPS) is 11.5. The zero-order valence-corrected chi connectivity index (χ0v) is 20.6. The van der Waals surface area contributed by atoms with Gasteiger partial charge < -0.3 is 4.42 Å². The summed E-state index contributed by atoms with van der Waals surface area (Å²) in [7, 11) is 0. The molecule has 0 atom stereocenters. The van der Waals surface area contributed by atoms with Gasteiger partial charge in [-0.05, 0) is 35.0 Å². The maximum Gasteiger partial charge on any atom is 0.167 e. The zero-order valence-electron chi connectivity index (χ0n) is 19.0. The number of hydrogen-bond donors (Lipinski definition) is 0. The summed E-state index contributed by atoms with van der Waals surface area (Å²) in [5.74, 6) is 1.82. The zero-order chi connectivity index (χ0) is 24.1. The second-order valence-corrected chi connectivity index (χ2v) is 9.45. The number of furan rings is 1. The molecule has 170 valence electrons. The molecule has 7 rings (SSSR count). The summed E-state index contributed by atoms with van der Waals surface area (Å²) in [6.07, 6.45) is 0. The fraction of sp³-hybridized carbons (Fsp3) is 0. The summed E-state index contributed by atoms with van der Waals surface area (Å²) < 4.78 is 7.34. The molecule has 7 aromatic rings. The highest BCUT2D eigenvalue weighted by molar-refractivity contribution is 9.10. The lowest BCUT2D eigenvalue weighted by Crippen LogP contribution is -2.00. The summed E-state index contributed by atoms with van der Waals surface area (Å²) in [6, 6.07) is 36.6. The van der Waals surface area contributed by atoms with Crippen molar-refractivity contribution in [2.24, 2.45) is 0 Å². The van der Waals surface area contributed by atoms with E-state index in [9.17, 15) is 0 Å². The Morgan fingerprint density at radius 1 is 0.472 bits per heavy atom. The standard InChI is InChI=1S/C31H18BrN3O/c32-26-18-17-24(20-11-4-5-12-21(20)26)30-33-29(19-9-2-1-3-10-19)34-31(35-30)25-15-8-14-23-22-13-6-7-16-27(22)36-28(23)25/h1-18H. The van der Waals surface area contributed by atoms with Gasteiger partial charge in [0.1, 0.15) is 11.2 Å². The van der Waals surface area contributed by atoms with E-state index in [2.05, 4.69) is 46.3 Å². The molecule has 0 radical (unpaired) electrons. The van der Waals surface area contributed by atoms with Crippen LogP contribution < -0.4 is 0 Å². The third-order valence-electron chi connectivity index (χ3n) is 6.42. The van der Waals surface area contributed by atoms with Crippen molar-refractivity contribution in [2.75, 3.05) is 0 Å². The van der Waals surface area contributed by atoms with Gasteiger partial charge in [-0.3, -0.25) is 0 Å². The molecule has 0 unspecified atom stereocenters. The molecule has 2 heterocycles. The van der Waals surface area contributed by atoms with E-state index in [0.29, 0.717) is 17.5 Å². The monoisotopic (exact) mass is 527 g/mol. The van der Waals surface area contributed by atoms with Gasteiger partial charge in [0.15, 0.2) is 17.5 Å². The van der Waals surface area contributed by atoms with Crippen LogP contribution in [0.2, 0.25) is 0 Å². The van der Waals surface area contributed by atoms with Gasteiger partial charge >= 0.3 is 0 Å². The molecule has 0 aliphatic heterocycles. The lowest BCUT2D eigenvalue weighted by atomic mass is 10.0. The maximum atomic E-state index is 6.31. The van der Waals surface area contributed by atoms with Crippen molar-refractivity contribution in [1.82, 2.24) is 15.0 Å². The molecule has 0 saturated carbocycles. The number of hydrogen-bond acceptors (Lipinski definition) is 4. The summed E-state index contributed by atoms with van der Waals surface area (Å²) in [4.78, 5) is 14.9. The molecule has 0 spiro atoms. The number of para-hydroxylation sites is 2. The topological polar surface area (TPSA) is 51.8 Å². The minimum atomic E-state index is 0.579. The van der Waals surface area contributed by atoms with Crippen LogP contribution in [0.4, 0.5) is 0 Å². The third-order valence-corrected chi connectivity index (χ3v) is 7.12. The largest absolute Gasteiger partial charge is 0.455 e. The van der Waals surface area contributed by atoms with Crippen LogP contribution in [0.1, 0.15) is 0 Å². The minimum Gasteiger partial charge on any atom is -0.455 e. The van der Waals surface area contributed by atoms with E-state index in [1.54, 1.807) is 0 Å². The Balaban J connectivity index is 1.53. The van der Waals surface area contributed by atoms with E-state index in [-0.39, 0.29) is 0 Å². The molecule has 0 N–H and O–H groups in total. The number of halogens is 1. The van der Waals surface area contributed by atoms with Crippen molar-refractivity contribution >= 4 is 48.6 Å². The highest BCUT2D eigenvalue weighted by atomic mass is 79.9. The van der Waals surface area contributed by atoms with Crippen LogP contribution in [-0.2, 0) is 0 Å². The first-order valence-electron chi connectivity index (χ1n) is 11.7. The average molecular weight is 528 g/mol. The van der Waals surface area contributed by atoms with E-state index in [4.69, 9.17) is 19.4 Å². The molecular formula is C31H18BrN3O. The SMILES string of the molecule is Brc1ccc(-c2nc(-c3ccccc3)nc(-c3cccc4c3oc3ccccc34)n2)c2ccccc12. The van der Waals surface area contributed by atoms with Gasteiger partial charge in [0.05, 0.1) is 5.56 Å². The van der Waals surface area contributed by atoms with E-state index >= 15 is 0 Å². The van der Waals surface area contributed by atoms with Crippen LogP contribution >= 0.6 is 15.9 Å². The molecule has 36 heavy (non-hydrogen) atoms. The van der Waals surface area contributed by atoms with E-state index in [1.807, 2.05) is 78.9 Å². The quantitative estimate of drug-likeness (QED) is 0.230. The van der Waals surface area contributed by atoms with Crippen LogP contribution in [0.25, 0.3) is 66.9 Å². The third kappa shape index (κ3) is 3.40. The molecule has 0 aliphatic rings.